The second-order valence-corrected chi connectivity index (χ2v) is 6.95. The van der Waals surface area contributed by atoms with Gasteiger partial charge in [-0.1, -0.05) is 23.9 Å². The monoisotopic (exact) mass is 407 g/mol. The number of H-pyrrole nitrogens is 1. The summed E-state index contributed by atoms with van der Waals surface area (Å²) in [5.74, 6) is 0.967. The minimum Gasteiger partial charge on any atom is -0.497 e. The van der Waals surface area contributed by atoms with Crippen LogP contribution in [0, 0.1) is 0 Å². The Bertz CT molecular complexity index is 947. The fourth-order valence-corrected chi connectivity index (χ4v) is 3.36. The number of hydrogen-bond acceptors (Lipinski definition) is 5. The van der Waals surface area contributed by atoms with Gasteiger partial charge in [0.15, 0.2) is 5.16 Å². The lowest BCUT2D eigenvalue weighted by Crippen LogP contribution is -2.27. The van der Waals surface area contributed by atoms with Gasteiger partial charge in [-0.2, -0.15) is 8.78 Å². The maximum atomic E-state index is 12.4. The molecule has 3 rings (SSSR count). The van der Waals surface area contributed by atoms with E-state index in [9.17, 15) is 13.6 Å². The molecular formula is C19H19F2N3O3S. The molecule has 0 aliphatic rings. The number of carbonyl (C=O) groups is 1. The van der Waals surface area contributed by atoms with Crippen molar-refractivity contribution in [3.05, 3.63) is 48.0 Å². The molecule has 0 radical (unpaired) electrons. The molecule has 1 heterocycles. The van der Waals surface area contributed by atoms with Gasteiger partial charge in [-0.15, -0.1) is 0 Å². The van der Waals surface area contributed by atoms with Gasteiger partial charge in [-0.3, -0.25) is 4.79 Å². The maximum Gasteiger partial charge on any atom is 0.387 e. The van der Waals surface area contributed by atoms with E-state index in [1.54, 1.807) is 31.2 Å². The number of fused-ring (bicyclic) bond motifs is 1. The third kappa shape index (κ3) is 5.13. The summed E-state index contributed by atoms with van der Waals surface area (Å²) < 4.78 is 33.8. The van der Waals surface area contributed by atoms with Gasteiger partial charge in [0.1, 0.15) is 11.5 Å². The van der Waals surface area contributed by atoms with Crippen LogP contribution in [0.3, 0.4) is 0 Å². The zero-order valence-electron chi connectivity index (χ0n) is 15.3. The SMILES string of the molecule is COc1ccc2nc(SCC(=O)N(C)Cc3ccc(OC(F)F)cc3)[nH]c2c1. The number of carbonyl (C=O) groups excluding carboxylic acids is 1. The first-order valence-electron chi connectivity index (χ1n) is 8.39. The van der Waals surface area contributed by atoms with Crippen LogP contribution < -0.4 is 9.47 Å². The average molecular weight is 407 g/mol. The molecule has 148 valence electrons. The molecule has 1 amide bonds. The van der Waals surface area contributed by atoms with Crippen LogP contribution in [-0.2, 0) is 11.3 Å². The van der Waals surface area contributed by atoms with E-state index in [4.69, 9.17) is 4.74 Å². The van der Waals surface area contributed by atoms with Crippen molar-refractivity contribution in [3.8, 4) is 11.5 Å². The third-order valence-corrected chi connectivity index (χ3v) is 4.85. The van der Waals surface area contributed by atoms with Crippen molar-refractivity contribution in [1.82, 2.24) is 14.9 Å². The Balaban J connectivity index is 1.54. The highest BCUT2D eigenvalue weighted by atomic mass is 32.2. The molecule has 0 bridgehead atoms. The van der Waals surface area contributed by atoms with Crippen molar-refractivity contribution in [1.29, 1.82) is 0 Å². The van der Waals surface area contributed by atoms with Crippen LogP contribution in [0.25, 0.3) is 11.0 Å². The summed E-state index contributed by atoms with van der Waals surface area (Å²) in [5.41, 5.74) is 2.46. The molecule has 0 unspecified atom stereocenters. The second-order valence-electron chi connectivity index (χ2n) is 5.99. The van der Waals surface area contributed by atoms with E-state index < -0.39 is 6.61 Å². The number of nitrogens with zero attached hydrogens (tertiary/aromatic N) is 2. The normalized spacial score (nSPS) is 11.0. The molecule has 3 aromatic rings. The molecule has 2 aromatic carbocycles. The fraction of sp³-hybridized carbons (Fsp3) is 0.263. The molecule has 0 aliphatic heterocycles. The van der Waals surface area contributed by atoms with Crippen LogP contribution in [0.15, 0.2) is 47.6 Å². The van der Waals surface area contributed by atoms with Crippen LogP contribution in [0.1, 0.15) is 5.56 Å². The molecule has 1 N–H and O–H groups in total. The number of nitrogens with one attached hydrogen (secondary N) is 1. The lowest BCUT2D eigenvalue weighted by molar-refractivity contribution is -0.127. The summed E-state index contributed by atoms with van der Waals surface area (Å²) in [4.78, 5) is 21.5. The Morgan fingerprint density at radius 3 is 2.61 bits per heavy atom. The maximum absolute atomic E-state index is 12.4. The molecule has 1 aromatic heterocycles. The third-order valence-electron chi connectivity index (χ3n) is 3.99. The number of alkyl halides is 2. The van der Waals surface area contributed by atoms with E-state index in [-0.39, 0.29) is 17.4 Å². The summed E-state index contributed by atoms with van der Waals surface area (Å²) in [7, 11) is 3.29. The quantitative estimate of drug-likeness (QED) is 0.573. The van der Waals surface area contributed by atoms with Crippen molar-refractivity contribution in [2.75, 3.05) is 19.9 Å². The predicted molar refractivity (Wildman–Crippen MR) is 103 cm³/mol. The molecular weight excluding hydrogens is 388 g/mol. The average Bonchev–Trinajstić information content (AvgIpc) is 3.09. The van der Waals surface area contributed by atoms with Gasteiger partial charge in [-0.05, 0) is 29.8 Å². The first kappa shape index (κ1) is 19.9. The van der Waals surface area contributed by atoms with Crippen LogP contribution in [0.2, 0.25) is 0 Å². The van der Waals surface area contributed by atoms with Crippen molar-refractivity contribution >= 4 is 28.7 Å². The fourth-order valence-electron chi connectivity index (χ4n) is 2.54. The van der Waals surface area contributed by atoms with E-state index in [1.807, 2.05) is 18.2 Å². The smallest absolute Gasteiger partial charge is 0.387 e. The van der Waals surface area contributed by atoms with Gasteiger partial charge in [0.05, 0.1) is 23.9 Å². The zero-order valence-corrected chi connectivity index (χ0v) is 16.1. The minimum atomic E-state index is -2.86. The van der Waals surface area contributed by atoms with Gasteiger partial charge in [0, 0.05) is 19.7 Å². The molecule has 0 saturated carbocycles. The Morgan fingerprint density at radius 1 is 1.21 bits per heavy atom. The summed E-state index contributed by atoms with van der Waals surface area (Å²) in [5, 5.41) is 0.651. The lowest BCUT2D eigenvalue weighted by Gasteiger charge is -2.17. The lowest BCUT2D eigenvalue weighted by atomic mass is 10.2. The minimum absolute atomic E-state index is 0.0732. The highest BCUT2D eigenvalue weighted by molar-refractivity contribution is 7.99. The molecule has 0 saturated heterocycles. The van der Waals surface area contributed by atoms with Gasteiger partial charge >= 0.3 is 6.61 Å². The Kier molecular flexibility index (Phi) is 6.35. The second kappa shape index (κ2) is 8.92. The summed E-state index contributed by atoms with van der Waals surface area (Å²) in [6, 6.07) is 11.7. The number of aromatic amines is 1. The summed E-state index contributed by atoms with van der Waals surface area (Å²) in [6.07, 6.45) is 0. The Labute approximate surface area is 164 Å². The van der Waals surface area contributed by atoms with Crippen molar-refractivity contribution in [2.24, 2.45) is 0 Å². The molecule has 9 heteroatoms. The van der Waals surface area contributed by atoms with E-state index >= 15 is 0 Å². The van der Waals surface area contributed by atoms with E-state index in [0.29, 0.717) is 11.7 Å². The number of hydrogen-bond donors (Lipinski definition) is 1. The molecule has 0 spiro atoms. The highest BCUT2D eigenvalue weighted by Gasteiger charge is 2.13. The topological polar surface area (TPSA) is 67.4 Å². The van der Waals surface area contributed by atoms with Crippen molar-refractivity contribution in [3.63, 3.8) is 0 Å². The molecule has 6 nitrogen and oxygen atoms in total. The zero-order chi connectivity index (χ0) is 20.1. The van der Waals surface area contributed by atoms with Crippen LogP contribution in [0.5, 0.6) is 11.5 Å². The Hall–Kier alpha value is -2.81. The van der Waals surface area contributed by atoms with Gasteiger partial charge in [0.2, 0.25) is 5.91 Å². The number of imidazole rings is 1. The van der Waals surface area contributed by atoms with Gasteiger partial charge in [-0.25, -0.2) is 4.98 Å². The van der Waals surface area contributed by atoms with Gasteiger partial charge in [0.25, 0.3) is 0 Å². The summed E-state index contributed by atoms with van der Waals surface area (Å²) >= 11 is 1.31. The largest absolute Gasteiger partial charge is 0.497 e. The Morgan fingerprint density at radius 2 is 1.93 bits per heavy atom. The van der Waals surface area contributed by atoms with E-state index in [2.05, 4.69) is 14.7 Å². The number of halogens is 2. The van der Waals surface area contributed by atoms with E-state index in [1.165, 1.54) is 23.9 Å². The van der Waals surface area contributed by atoms with Crippen molar-refractivity contribution < 1.29 is 23.0 Å². The molecule has 0 aliphatic carbocycles. The highest BCUT2D eigenvalue weighted by Crippen LogP contribution is 2.23. The van der Waals surface area contributed by atoms with Gasteiger partial charge < -0.3 is 19.4 Å². The number of amides is 1. The molecule has 0 atom stereocenters. The molecule has 0 fully saturated rings. The standard InChI is InChI=1S/C19H19F2N3O3S/c1-24(10-12-3-5-13(6-4-12)27-18(20)21)17(25)11-28-19-22-15-8-7-14(26-2)9-16(15)23-19/h3-9,18H,10-11H2,1-2H3,(H,22,23). The van der Waals surface area contributed by atoms with E-state index in [0.717, 1.165) is 22.3 Å². The predicted octanol–water partition coefficient (Wildman–Crippen LogP) is 3.92. The number of thioether (sulfide) groups is 1. The number of ether oxygens (including phenoxy) is 2. The van der Waals surface area contributed by atoms with Crippen LogP contribution >= 0.6 is 11.8 Å². The van der Waals surface area contributed by atoms with Crippen LogP contribution in [0.4, 0.5) is 8.78 Å². The first-order valence-corrected chi connectivity index (χ1v) is 9.37. The van der Waals surface area contributed by atoms with Crippen LogP contribution in [-0.4, -0.2) is 47.3 Å². The number of rotatable bonds is 8. The summed E-state index contributed by atoms with van der Waals surface area (Å²) in [6.45, 7) is -2.49. The number of benzene rings is 2. The molecule has 28 heavy (non-hydrogen) atoms. The number of aromatic nitrogens is 2. The number of methoxy groups -OCH3 is 1. The van der Waals surface area contributed by atoms with Crippen molar-refractivity contribution in [2.45, 2.75) is 18.3 Å². The first-order chi connectivity index (χ1) is 13.4.